The molecule has 0 spiro atoms. The van der Waals surface area contributed by atoms with Gasteiger partial charge in [0, 0.05) is 12.0 Å². The van der Waals surface area contributed by atoms with E-state index in [9.17, 15) is 13.2 Å². The van der Waals surface area contributed by atoms with Crippen LogP contribution in [-0.2, 0) is 5.41 Å². The van der Waals surface area contributed by atoms with E-state index in [0.29, 0.717) is 6.54 Å². The van der Waals surface area contributed by atoms with Crippen LogP contribution >= 0.6 is 12.4 Å². The fourth-order valence-electron chi connectivity index (χ4n) is 2.53. The Morgan fingerprint density at radius 1 is 1.15 bits per heavy atom. The first-order valence-electron chi connectivity index (χ1n) is 6.22. The molecule has 0 bridgehead atoms. The SMILES string of the molecule is Cl.NCC1(c2ccc(OC(F)(F)F)cc2)CCNCC1. The highest BCUT2D eigenvalue weighted by Gasteiger charge is 2.33. The van der Waals surface area contributed by atoms with Crippen molar-refractivity contribution in [3.63, 3.8) is 0 Å². The predicted octanol–water partition coefficient (Wildman–Crippen LogP) is 2.59. The Labute approximate surface area is 122 Å². The molecule has 0 aromatic heterocycles. The van der Waals surface area contributed by atoms with E-state index < -0.39 is 6.36 Å². The average Bonchev–Trinajstić information content (AvgIpc) is 2.38. The highest BCUT2D eigenvalue weighted by molar-refractivity contribution is 5.85. The van der Waals surface area contributed by atoms with Crippen molar-refractivity contribution >= 4 is 12.4 Å². The van der Waals surface area contributed by atoms with Crippen LogP contribution in [0.1, 0.15) is 18.4 Å². The van der Waals surface area contributed by atoms with Crippen molar-refractivity contribution in [2.24, 2.45) is 5.73 Å². The summed E-state index contributed by atoms with van der Waals surface area (Å²) in [6, 6.07) is 6.06. The van der Waals surface area contributed by atoms with Crippen LogP contribution in [0.25, 0.3) is 0 Å². The minimum atomic E-state index is -4.65. The first-order valence-corrected chi connectivity index (χ1v) is 6.22. The van der Waals surface area contributed by atoms with Gasteiger partial charge in [-0.15, -0.1) is 25.6 Å². The molecular formula is C13H18ClF3N2O. The lowest BCUT2D eigenvalue weighted by molar-refractivity contribution is -0.274. The van der Waals surface area contributed by atoms with Crippen molar-refractivity contribution in [3.8, 4) is 5.75 Å². The molecule has 2 rings (SSSR count). The summed E-state index contributed by atoms with van der Waals surface area (Å²) in [6.07, 6.45) is -2.87. The number of halogens is 4. The lowest BCUT2D eigenvalue weighted by Gasteiger charge is -2.37. The molecule has 7 heteroatoms. The molecule has 1 aromatic rings. The summed E-state index contributed by atoms with van der Waals surface area (Å²) in [5.74, 6) is -0.197. The molecule has 1 fully saturated rings. The Hall–Kier alpha value is -0.980. The number of hydrogen-bond donors (Lipinski definition) is 2. The number of rotatable bonds is 3. The van der Waals surface area contributed by atoms with Crippen LogP contribution in [-0.4, -0.2) is 26.0 Å². The molecule has 0 aliphatic carbocycles. The van der Waals surface area contributed by atoms with Crippen LogP contribution in [0.4, 0.5) is 13.2 Å². The molecule has 0 amide bonds. The van der Waals surface area contributed by atoms with E-state index in [-0.39, 0.29) is 23.6 Å². The maximum Gasteiger partial charge on any atom is 0.573 e. The Morgan fingerprint density at radius 3 is 2.15 bits per heavy atom. The first kappa shape index (κ1) is 17.1. The monoisotopic (exact) mass is 310 g/mol. The van der Waals surface area contributed by atoms with Crippen molar-refractivity contribution < 1.29 is 17.9 Å². The van der Waals surface area contributed by atoms with Gasteiger partial charge >= 0.3 is 6.36 Å². The topological polar surface area (TPSA) is 47.3 Å². The summed E-state index contributed by atoms with van der Waals surface area (Å²) in [5, 5.41) is 3.26. The Morgan fingerprint density at radius 2 is 1.70 bits per heavy atom. The average molecular weight is 311 g/mol. The van der Waals surface area contributed by atoms with E-state index in [1.807, 2.05) is 0 Å². The van der Waals surface area contributed by atoms with Crippen molar-refractivity contribution in [2.75, 3.05) is 19.6 Å². The zero-order valence-electron chi connectivity index (χ0n) is 10.9. The van der Waals surface area contributed by atoms with Crippen LogP contribution in [0, 0.1) is 0 Å². The number of ether oxygens (including phenoxy) is 1. The van der Waals surface area contributed by atoms with E-state index in [2.05, 4.69) is 10.1 Å². The minimum absolute atomic E-state index is 0. The zero-order chi connectivity index (χ0) is 13.9. The molecular weight excluding hydrogens is 293 g/mol. The molecule has 3 N–H and O–H groups in total. The molecule has 0 atom stereocenters. The van der Waals surface area contributed by atoms with Crippen LogP contribution in [0.5, 0.6) is 5.75 Å². The maximum atomic E-state index is 12.1. The normalized spacial score (nSPS) is 18.2. The van der Waals surface area contributed by atoms with Crippen molar-refractivity contribution in [1.29, 1.82) is 0 Å². The quantitative estimate of drug-likeness (QED) is 0.902. The summed E-state index contributed by atoms with van der Waals surface area (Å²) < 4.78 is 40.1. The molecule has 1 aromatic carbocycles. The highest BCUT2D eigenvalue weighted by Crippen LogP contribution is 2.34. The fourth-order valence-corrected chi connectivity index (χ4v) is 2.53. The van der Waals surface area contributed by atoms with E-state index in [0.717, 1.165) is 31.5 Å². The summed E-state index contributed by atoms with van der Waals surface area (Å²) in [7, 11) is 0. The first-order chi connectivity index (χ1) is 8.95. The van der Waals surface area contributed by atoms with Crippen molar-refractivity contribution in [1.82, 2.24) is 5.32 Å². The smallest absolute Gasteiger partial charge is 0.406 e. The highest BCUT2D eigenvalue weighted by atomic mass is 35.5. The predicted molar refractivity (Wildman–Crippen MR) is 73.2 cm³/mol. The van der Waals surface area contributed by atoms with Gasteiger partial charge in [0.15, 0.2) is 0 Å². The van der Waals surface area contributed by atoms with Gasteiger partial charge in [-0.05, 0) is 43.6 Å². The summed E-state index contributed by atoms with van der Waals surface area (Å²) in [5.41, 5.74) is 6.71. The summed E-state index contributed by atoms with van der Waals surface area (Å²) in [4.78, 5) is 0. The maximum absolute atomic E-state index is 12.1. The van der Waals surface area contributed by atoms with Gasteiger partial charge in [-0.3, -0.25) is 0 Å². The van der Waals surface area contributed by atoms with Crippen LogP contribution in [0.2, 0.25) is 0 Å². The van der Waals surface area contributed by atoms with Crippen LogP contribution in [0.15, 0.2) is 24.3 Å². The van der Waals surface area contributed by atoms with Gasteiger partial charge < -0.3 is 15.8 Å². The fraction of sp³-hybridized carbons (Fsp3) is 0.538. The summed E-state index contributed by atoms with van der Waals surface area (Å²) >= 11 is 0. The van der Waals surface area contributed by atoms with Gasteiger partial charge in [-0.2, -0.15) is 0 Å². The summed E-state index contributed by atoms with van der Waals surface area (Å²) in [6.45, 7) is 2.24. The lowest BCUT2D eigenvalue weighted by atomic mass is 9.73. The van der Waals surface area contributed by atoms with Gasteiger partial charge in [0.25, 0.3) is 0 Å². The third kappa shape index (κ3) is 4.01. The van der Waals surface area contributed by atoms with Crippen molar-refractivity contribution in [2.45, 2.75) is 24.6 Å². The van der Waals surface area contributed by atoms with Crippen molar-refractivity contribution in [3.05, 3.63) is 29.8 Å². The van der Waals surface area contributed by atoms with E-state index >= 15 is 0 Å². The standard InChI is InChI=1S/C13H17F3N2O.ClH/c14-13(15,16)19-11-3-1-10(2-4-11)12(9-17)5-7-18-8-6-12;/h1-4,18H,5-9,17H2;1H. The van der Waals surface area contributed by atoms with E-state index in [1.54, 1.807) is 12.1 Å². The van der Waals surface area contributed by atoms with Gasteiger partial charge in [0.2, 0.25) is 0 Å². The molecule has 1 aliphatic heterocycles. The Kier molecular flexibility index (Phi) is 5.68. The second-order valence-corrected chi connectivity index (χ2v) is 4.81. The third-order valence-electron chi connectivity index (χ3n) is 3.65. The number of nitrogens with two attached hydrogens (primary N) is 1. The third-order valence-corrected chi connectivity index (χ3v) is 3.65. The van der Waals surface area contributed by atoms with Crippen LogP contribution in [0.3, 0.4) is 0 Å². The van der Waals surface area contributed by atoms with Gasteiger partial charge in [-0.25, -0.2) is 0 Å². The minimum Gasteiger partial charge on any atom is -0.406 e. The molecule has 0 saturated carbocycles. The number of benzene rings is 1. The second kappa shape index (κ2) is 6.65. The number of nitrogens with one attached hydrogen (secondary N) is 1. The van der Waals surface area contributed by atoms with Gasteiger partial charge in [-0.1, -0.05) is 12.1 Å². The second-order valence-electron chi connectivity index (χ2n) is 4.81. The van der Waals surface area contributed by atoms with Gasteiger partial charge in [0.1, 0.15) is 5.75 Å². The molecule has 1 heterocycles. The number of alkyl halides is 3. The molecule has 1 saturated heterocycles. The molecule has 0 unspecified atom stereocenters. The largest absolute Gasteiger partial charge is 0.573 e. The Bertz CT molecular complexity index is 417. The van der Waals surface area contributed by atoms with E-state index in [1.165, 1.54) is 12.1 Å². The lowest BCUT2D eigenvalue weighted by Crippen LogP contribution is -2.44. The van der Waals surface area contributed by atoms with E-state index in [4.69, 9.17) is 5.73 Å². The Balaban J connectivity index is 0.00000200. The molecule has 1 aliphatic rings. The van der Waals surface area contributed by atoms with Gasteiger partial charge in [0.05, 0.1) is 0 Å². The molecule has 114 valence electrons. The van der Waals surface area contributed by atoms with Crippen LogP contribution < -0.4 is 15.8 Å². The molecule has 20 heavy (non-hydrogen) atoms. The number of hydrogen-bond acceptors (Lipinski definition) is 3. The zero-order valence-corrected chi connectivity index (χ0v) is 11.7. The molecule has 3 nitrogen and oxygen atoms in total. The molecule has 0 radical (unpaired) electrons. The number of piperidine rings is 1.